The van der Waals surface area contributed by atoms with Crippen LogP contribution in [-0.2, 0) is 14.8 Å². The molecule has 0 atom stereocenters. The van der Waals surface area contributed by atoms with Gasteiger partial charge < -0.3 is 5.32 Å². The van der Waals surface area contributed by atoms with Crippen molar-refractivity contribution in [1.82, 2.24) is 0 Å². The topological polar surface area (TPSA) is 66.5 Å². The van der Waals surface area contributed by atoms with Gasteiger partial charge in [-0.3, -0.25) is 9.10 Å². The van der Waals surface area contributed by atoms with Crippen molar-refractivity contribution in [2.45, 2.75) is 6.92 Å². The zero-order valence-electron chi connectivity index (χ0n) is 13.1. The first-order chi connectivity index (χ1) is 11.2. The van der Waals surface area contributed by atoms with Crippen molar-refractivity contribution in [3.63, 3.8) is 0 Å². The second kappa shape index (κ2) is 6.96. The van der Waals surface area contributed by atoms with Gasteiger partial charge in [0.2, 0.25) is 15.9 Å². The maximum absolute atomic E-state index is 13.6. The zero-order valence-corrected chi connectivity index (χ0v) is 13.9. The first kappa shape index (κ1) is 17.9. The largest absolute Gasteiger partial charge is 0.322 e. The molecule has 0 aliphatic carbocycles. The van der Waals surface area contributed by atoms with Crippen LogP contribution in [0.3, 0.4) is 0 Å². The lowest BCUT2D eigenvalue weighted by molar-refractivity contribution is -0.114. The molecule has 0 saturated carbocycles. The maximum Gasteiger partial charge on any atom is 0.245 e. The van der Waals surface area contributed by atoms with E-state index in [-0.39, 0.29) is 5.69 Å². The molecule has 0 radical (unpaired) electrons. The molecule has 0 aliphatic rings. The van der Waals surface area contributed by atoms with Crippen molar-refractivity contribution in [3.8, 4) is 0 Å². The fourth-order valence-electron chi connectivity index (χ4n) is 2.09. The molecule has 0 unspecified atom stereocenters. The highest BCUT2D eigenvalue weighted by atomic mass is 32.2. The Morgan fingerprint density at radius 2 is 1.88 bits per heavy atom. The summed E-state index contributed by atoms with van der Waals surface area (Å²) < 4.78 is 51.3. The Balaban J connectivity index is 2.22. The molecule has 0 aliphatic heterocycles. The van der Waals surface area contributed by atoms with Gasteiger partial charge in [-0.15, -0.1) is 0 Å². The summed E-state index contributed by atoms with van der Waals surface area (Å²) >= 11 is 0. The molecule has 1 N–H and O–H groups in total. The Morgan fingerprint density at radius 1 is 1.17 bits per heavy atom. The summed E-state index contributed by atoms with van der Waals surface area (Å²) in [6, 6.07) is 9.32. The van der Waals surface area contributed by atoms with Crippen LogP contribution in [0.25, 0.3) is 0 Å². The number of carbonyl (C=O) groups is 1. The van der Waals surface area contributed by atoms with Crippen LogP contribution in [0, 0.1) is 18.6 Å². The van der Waals surface area contributed by atoms with Gasteiger partial charge in [-0.1, -0.05) is 12.1 Å². The van der Waals surface area contributed by atoms with Crippen LogP contribution in [-0.4, -0.2) is 27.1 Å². The number of carbonyl (C=O) groups excluding carboxylic acids is 1. The molecule has 0 heterocycles. The SMILES string of the molecule is Cc1cccc(N(CC(=O)Nc2ccc(F)cc2F)S(C)(=O)=O)c1. The van der Waals surface area contributed by atoms with E-state index in [1.165, 1.54) is 0 Å². The van der Waals surface area contributed by atoms with Gasteiger partial charge in [0.05, 0.1) is 17.6 Å². The third-order valence-electron chi connectivity index (χ3n) is 3.18. The molecule has 0 spiro atoms. The van der Waals surface area contributed by atoms with Crippen molar-refractivity contribution < 1.29 is 22.0 Å². The minimum atomic E-state index is -3.72. The van der Waals surface area contributed by atoms with Gasteiger partial charge >= 0.3 is 0 Å². The molecular weight excluding hydrogens is 338 g/mol. The number of hydrogen-bond acceptors (Lipinski definition) is 3. The van der Waals surface area contributed by atoms with Crippen molar-refractivity contribution in [2.75, 3.05) is 22.4 Å². The number of nitrogens with one attached hydrogen (secondary N) is 1. The average molecular weight is 354 g/mol. The van der Waals surface area contributed by atoms with Gasteiger partial charge in [-0.05, 0) is 36.8 Å². The Hall–Kier alpha value is -2.48. The van der Waals surface area contributed by atoms with E-state index in [0.29, 0.717) is 11.8 Å². The summed E-state index contributed by atoms with van der Waals surface area (Å²) in [6.45, 7) is 1.26. The summed E-state index contributed by atoms with van der Waals surface area (Å²) in [5.74, 6) is -2.46. The van der Waals surface area contributed by atoms with E-state index in [1.807, 2.05) is 0 Å². The van der Waals surface area contributed by atoms with E-state index in [4.69, 9.17) is 0 Å². The van der Waals surface area contributed by atoms with Gasteiger partial charge in [-0.25, -0.2) is 17.2 Å². The van der Waals surface area contributed by atoms with Crippen LogP contribution in [0.15, 0.2) is 42.5 Å². The molecule has 2 aromatic rings. The van der Waals surface area contributed by atoms with E-state index in [0.717, 1.165) is 28.3 Å². The summed E-state index contributed by atoms with van der Waals surface area (Å²) in [7, 11) is -3.72. The molecule has 1 amide bonds. The minimum absolute atomic E-state index is 0.223. The fraction of sp³-hybridized carbons (Fsp3) is 0.188. The van der Waals surface area contributed by atoms with E-state index in [1.54, 1.807) is 31.2 Å². The molecule has 5 nitrogen and oxygen atoms in total. The second-order valence-electron chi connectivity index (χ2n) is 5.28. The van der Waals surface area contributed by atoms with Crippen molar-refractivity contribution >= 4 is 27.3 Å². The van der Waals surface area contributed by atoms with E-state index in [2.05, 4.69) is 5.32 Å². The third kappa shape index (κ3) is 4.51. The van der Waals surface area contributed by atoms with Crippen LogP contribution in [0.4, 0.5) is 20.2 Å². The average Bonchev–Trinajstić information content (AvgIpc) is 2.46. The Labute approximate surface area is 139 Å². The number of nitrogens with zero attached hydrogens (tertiary/aromatic N) is 1. The van der Waals surface area contributed by atoms with Crippen LogP contribution in [0.1, 0.15) is 5.56 Å². The monoisotopic (exact) mass is 354 g/mol. The third-order valence-corrected chi connectivity index (χ3v) is 4.32. The molecule has 0 aromatic heterocycles. The molecule has 0 bridgehead atoms. The van der Waals surface area contributed by atoms with E-state index >= 15 is 0 Å². The van der Waals surface area contributed by atoms with Gasteiger partial charge in [0.25, 0.3) is 0 Å². The van der Waals surface area contributed by atoms with Crippen molar-refractivity contribution in [2.24, 2.45) is 0 Å². The number of benzene rings is 2. The summed E-state index contributed by atoms with van der Waals surface area (Å²) in [5, 5.41) is 2.24. The Kier molecular flexibility index (Phi) is 5.18. The zero-order chi connectivity index (χ0) is 17.9. The van der Waals surface area contributed by atoms with Crippen LogP contribution >= 0.6 is 0 Å². The fourth-order valence-corrected chi connectivity index (χ4v) is 2.94. The van der Waals surface area contributed by atoms with E-state index < -0.39 is 34.1 Å². The van der Waals surface area contributed by atoms with Gasteiger partial charge in [0.1, 0.15) is 18.2 Å². The van der Waals surface area contributed by atoms with Crippen LogP contribution in [0.5, 0.6) is 0 Å². The van der Waals surface area contributed by atoms with Gasteiger partial charge in [0, 0.05) is 6.07 Å². The minimum Gasteiger partial charge on any atom is -0.322 e. The first-order valence-corrected chi connectivity index (χ1v) is 8.81. The first-order valence-electron chi connectivity index (χ1n) is 6.96. The van der Waals surface area contributed by atoms with Crippen LogP contribution in [0.2, 0.25) is 0 Å². The predicted octanol–water partition coefficient (Wildman–Crippen LogP) is 2.68. The Bertz CT molecular complexity index is 869. The van der Waals surface area contributed by atoms with Crippen molar-refractivity contribution in [1.29, 1.82) is 0 Å². The highest BCUT2D eigenvalue weighted by Gasteiger charge is 2.21. The lowest BCUT2D eigenvalue weighted by Crippen LogP contribution is -2.37. The lowest BCUT2D eigenvalue weighted by atomic mass is 10.2. The molecule has 2 rings (SSSR count). The molecule has 0 fully saturated rings. The number of aryl methyl sites for hydroxylation is 1. The quantitative estimate of drug-likeness (QED) is 0.898. The number of rotatable bonds is 5. The lowest BCUT2D eigenvalue weighted by Gasteiger charge is -2.22. The molecule has 8 heteroatoms. The molecule has 128 valence electrons. The van der Waals surface area contributed by atoms with Gasteiger partial charge in [0.15, 0.2) is 0 Å². The highest BCUT2D eigenvalue weighted by Crippen LogP contribution is 2.20. The predicted molar refractivity (Wildman–Crippen MR) is 88.4 cm³/mol. The number of halogens is 2. The van der Waals surface area contributed by atoms with Gasteiger partial charge in [-0.2, -0.15) is 0 Å². The Morgan fingerprint density at radius 3 is 2.46 bits per heavy atom. The van der Waals surface area contributed by atoms with Crippen LogP contribution < -0.4 is 9.62 Å². The normalized spacial score (nSPS) is 11.2. The number of amides is 1. The smallest absolute Gasteiger partial charge is 0.245 e. The molecule has 24 heavy (non-hydrogen) atoms. The number of sulfonamides is 1. The second-order valence-corrected chi connectivity index (χ2v) is 7.19. The molecule has 0 saturated heterocycles. The standard InChI is InChI=1S/C16H16F2N2O3S/c1-11-4-3-5-13(8-11)20(24(2,22)23)10-16(21)19-15-7-6-12(17)9-14(15)18/h3-9H,10H2,1-2H3,(H,19,21). The molecular formula is C16H16F2N2O3S. The number of anilines is 2. The molecule has 2 aromatic carbocycles. The van der Waals surface area contributed by atoms with Crippen molar-refractivity contribution in [3.05, 3.63) is 59.7 Å². The maximum atomic E-state index is 13.6. The highest BCUT2D eigenvalue weighted by molar-refractivity contribution is 7.92. The summed E-state index contributed by atoms with van der Waals surface area (Å²) in [6.07, 6.45) is 0.973. The summed E-state index contributed by atoms with van der Waals surface area (Å²) in [5.41, 5.74) is 0.928. The number of hydrogen-bond donors (Lipinski definition) is 1. The van der Waals surface area contributed by atoms with E-state index in [9.17, 15) is 22.0 Å². The summed E-state index contributed by atoms with van der Waals surface area (Å²) in [4.78, 5) is 12.1.